The highest BCUT2D eigenvalue weighted by Gasteiger charge is 2.16. The van der Waals surface area contributed by atoms with Gasteiger partial charge >= 0.3 is 0 Å². The van der Waals surface area contributed by atoms with Crippen LogP contribution >= 0.6 is 11.3 Å². The maximum absolute atomic E-state index is 14.3. The molecule has 3 rings (SSSR count). The van der Waals surface area contributed by atoms with Gasteiger partial charge in [0.1, 0.15) is 5.82 Å². The lowest BCUT2D eigenvalue weighted by Crippen LogP contribution is -2.36. The number of morpholine rings is 1. The summed E-state index contributed by atoms with van der Waals surface area (Å²) in [6, 6.07) is 4.64. The molecule has 1 aromatic heterocycles. The smallest absolute Gasteiger partial charge is 0.185 e. The number of benzene rings is 1. The van der Waals surface area contributed by atoms with Gasteiger partial charge in [-0.25, -0.2) is 9.37 Å². The van der Waals surface area contributed by atoms with Gasteiger partial charge in [0.2, 0.25) is 0 Å². The molecular weight excluding hydrogens is 315 g/mol. The van der Waals surface area contributed by atoms with Gasteiger partial charge in [-0.05, 0) is 37.3 Å². The van der Waals surface area contributed by atoms with Crippen molar-refractivity contribution in [2.24, 2.45) is 0 Å². The number of ketones is 1. The number of halogens is 1. The first kappa shape index (κ1) is 15.8. The second-order valence-electron chi connectivity index (χ2n) is 5.27. The molecule has 1 aliphatic rings. The van der Waals surface area contributed by atoms with Gasteiger partial charge in [0, 0.05) is 23.5 Å². The van der Waals surface area contributed by atoms with Gasteiger partial charge in [0.25, 0.3) is 0 Å². The molecule has 120 valence electrons. The molecule has 0 aliphatic carbocycles. The average molecular weight is 332 g/mol. The third-order valence-electron chi connectivity index (χ3n) is 3.75. The Labute approximate surface area is 138 Å². The number of carbonyl (C=O) groups excluding carboxylic acids is 1. The first-order valence-electron chi connectivity index (χ1n) is 7.40. The number of nitrogens with zero attached hydrogens (tertiary/aromatic N) is 2. The summed E-state index contributed by atoms with van der Waals surface area (Å²) in [6.07, 6.45) is 3.19. The zero-order valence-corrected chi connectivity index (χ0v) is 13.6. The fraction of sp³-hybridized carbons (Fsp3) is 0.294. The van der Waals surface area contributed by atoms with Gasteiger partial charge in [-0.2, -0.15) is 0 Å². The van der Waals surface area contributed by atoms with E-state index in [0.29, 0.717) is 37.6 Å². The van der Waals surface area contributed by atoms with Gasteiger partial charge in [0.05, 0.1) is 30.1 Å². The highest BCUT2D eigenvalue weighted by atomic mass is 32.1. The Morgan fingerprint density at radius 2 is 2.17 bits per heavy atom. The van der Waals surface area contributed by atoms with Gasteiger partial charge < -0.3 is 9.64 Å². The largest absolute Gasteiger partial charge is 0.378 e. The molecule has 0 unspecified atom stereocenters. The van der Waals surface area contributed by atoms with Gasteiger partial charge in [-0.15, -0.1) is 11.3 Å². The van der Waals surface area contributed by atoms with E-state index >= 15 is 0 Å². The molecule has 1 aromatic carbocycles. The number of hydrogen-bond acceptors (Lipinski definition) is 5. The number of ether oxygens (including phenoxy) is 1. The van der Waals surface area contributed by atoms with E-state index in [1.54, 1.807) is 23.7 Å². The summed E-state index contributed by atoms with van der Waals surface area (Å²) in [5.74, 6) is -0.592. The Morgan fingerprint density at radius 1 is 1.39 bits per heavy atom. The SMILES string of the molecule is Cc1ncsc1C=CC(=O)c1ccc(N2CCOCC2)c(F)c1. The molecule has 0 N–H and O–H groups in total. The zero-order chi connectivity index (χ0) is 16.2. The number of anilines is 1. The van der Waals surface area contributed by atoms with Crippen molar-refractivity contribution in [3.05, 3.63) is 51.7 Å². The van der Waals surface area contributed by atoms with Crippen LogP contribution in [0.3, 0.4) is 0 Å². The van der Waals surface area contributed by atoms with E-state index in [9.17, 15) is 9.18 Å². The topological polar surface area (TPSA) is 42.4 Å². The van der Waals surface area contributed by atoms with Crippen LogP contribution in [0, 0.1) is 12.7 Å². The molecule has 2 aromatic rings. The van der Waals surface area contributed by atoms with Crippen LogP contribution in [-0.4, -0.2) is 37.1 Å². The van der Waals surface area contributed by atoms with Gasteiger partial charge in [0.15, 0.2) is 5.78 Å². The average Bonchev–Trinajstić information content (AvgIpc) is 2.98. The van der Waals surface area contributed by atoms with E-state index in [1.807, 2.05) is 11.8 Å². The van der Waals surface area contributed by atoms with Crippen molar-refractivity contribution in [3.8, 4) is 0 Å². The molecule has 0 saturated carbocycles. The minimum absolute atomic E-state index is 0.217. The minimum Gasteiger partial charge on any atom is -0.378 e. The Balaban J connectivity index is 1.75. The molecule has 1 fully saturated rings. The first-order valence-corrected chi connectivity index (χ1v) is 8.28. The van der Waals surface area contributed by atoms with Gasteiger partial charge in [-0.3, -0.25) is 4.79 Å². The summed E-state index contributed by atoms with van der Waals surface area (Å²) in [6.45, 7) is 4.40. The molecule has 0 spiro atoms. The number of thiazole rings is 1. The molecular formula is C17H17FN2O2S. The van der Waals surface area contributed by atoms with Crippen LogP contribution < -0.4 is 4.90 Å². The molecule has 0 atom stereocenters. The number of rotatable bonds is 4. The summed E-state index contributed by atoms with van der Waals surface area (Å²) in [5.41, 5.74) is 3.48. The van der Waals surface area contributed by atoms with E-state index in [4.69, 9.17) is 4.74 Å². The monoisotopic (exact) mass is 332 g/mol. The molecule has 0 amide bonds. The number of aryl methyl sites for hydroxylation is 1. The maximum Gasteiger partial charge on any atom is 0.185 e. The Morgan fingerprint density at radius 3 is 2.83 bits per heavy atom. The summed E-state index contributed by atoms with van der Waals surface area (Å²) in [4.78, 5) is 19.2. The van der Waals surface area contributed by atoms with Crippen LogP contribution in [0.4, 0.5) is 10.1 Å². The summed E-state index contributed by atoms with van der Waals surface area (Å²) >= 11 is 1.47. The molecule has 0 radical (unpaired) electrons. The fourth-order valence-corrected chi connectivity index (χ4v) is 3.13. The van der Waals surface area contributed by atoms with Crippen LogP contribution in [0.2, 0.25) is 0 Å². The van der Waals surface area contributed by atoms with E-state index in [-0.39, 0.29) is 11.6 Å². The third-order valence-corrected chi connectivity index (χ3v) is 4.65. The number of carbonyl (C=O) groups is 1. The van der Waals surface area contributed by atoms with Crippen LogP contribution in [0.5, 0.6) is 0 Å². The molecule has 6 heteroatoms. The van der Waals surface area contributed by atoms with Crippen molar-refractivity contribution >= 4 is 28.9 Å². The van der Waals surface area contributed by atoms with Crippen LogP contribution in [0.15, 0.2) is 29.8 Å². The second-order valence-corrected chi connectivity index (χ2v) is 6.15. The van der Waals surface area contributed by atoms with Crippen molar-refractivity contribution in [3.63, 3.8) is 0 Å². The third kappa shape index (κ3) is 3.65. The van der Waals surface area contributed by atoms with Crippen molar-refractivity contribution in [1.29, 1.82) is 0 Å². The van der Waals surface area contributed by atoms with Crippen molar-refractivity contribution in [1.82, 2.24) is 4.98 Å². The molecule has 1 aliphatic heterocycles. The quantitative estimate of drug-likeness (QED) is 0.636. The van der Waals surface area contributed by atoms with Crippen molar-refractivity contribution in [2.75, 3.05) is 31.2 Å². The summed E-state index contributed by atoms with van der Waals surface area (Å²) < 4.78 is 19.6. The van der Waals surface area contributed by atoms with E-state index in [0.717, 1.165) is 10.6 Å². The maximum atomic E-state index is 14.3. The molecule has 2 heterocycles. The number of allylic oxidation sites excluding steroid dienone is 1. The fourth-order valence-electron chi connectivity index (χ4n) is 2.44. The first-order chi connectivity index (χ1) is 11.1. The highest BCUT2D eigenvalue weighted by molar-refractivity contribution is 7.10. The van der Waals surface area contributed by atoms with Crippen LogP contribution in [0.25, 0.3) is 6.08 Å². The van der Waals surface area contributed by atoms with E-state index < -0.39 is 0 Å². The lowest BCUT2D eigenvalue weighted by Gasteiger charge is -2.29. The van der Waals surface area contributed by atoms with Crippen molar-refractivity contribution < 1.29 is 13.9 Å². The van der Waals surface area contributed by atoms with Gasteiger partial charge in [-0.1, -0.05) is 0 Å². The standard InChI is InChI=1S/C17H17FN2O2S/c1-12-17(23-11-19-12)5-4-16(21)13-2-3-15(14(18)10-13)20-6-8-22-9-7-20/h2-5,10-11H,6-9H2,1H3. The minimum atomic E-state index is -0.375. The summed E-state index contributed by atoms with van der Waals surface area (Å²) in [5, 5.41) is 0. The molecule has 23 heavy (non-hydrogen) atoms. The molecule has 1 saturated heterocycles. The Hall–Kier alpha value is -2.05. The molecule has 0 bridgehead atoms. The zero-order valence-electron chi connectivity index (χ0n) is 12.8. The Kier molecular flexibility index (Phi) is 4.83. The number of aromatic nitrogens is 1. The highest BCUT2D eigenvalue weighted by Crippen LogP contribution is 2.22. The van der Waals surface area contributed by atoms with Crippen LogP contribution in [-0.2, 0) is 4.74 Å². The predicted molar refractivity (Wildman–Crippen MR) is 89.6 cm³/mol. The molecule has 4 nitrogen and oxygen atoms in total. The predicted octanol–water partition coefficient (Wildman–Crippen LogP) is 3.32. The lowest BCUT2D eigenvalue weighted by molar-refractivity contribution is 0.104. The summed E-state index contributed by atoms with van der Waals surface area (Å²) in [7, 11) is 0. The normalized spacial score (nSPS) is 15.3. The lowest BCUT2D eigenvalue weighted by atomic mass is 10.1. The van der Waals surface area contributed by atoms with E-state index in [2.05, 4.69) is 4.98 Å². The number of hydrogen-bond donors (Lipinski definition) is 0. The van der Waals surface area contributed by atoms with E-state index in [1.165, 1.54) is 23.5 Å². The second kappa shape index (κ2) is 7.02. The Bertz CT molecular complexity index is 736. The van der Waals surface area contributed by atoms with Crippen molar-refractivity contribution in [2.45, 2.75) is 6.92 Å². The van der Waals surface area contributed by atoms with Crippen LogP contribution in [0.1, 0.15) is 20.9 Å².